The zero-order valence-corrected chi connectivity index (χ0v) is 9.14. The fourth-order valence-electron chi connectivity index (χ4n) is 0.982. The molecule has 1 rings (SSSR count). The highest BCUT2D eigenvalue weighted by Gasteiger charge is 2.03. The Morgan fingerprint density at radius 3 is 2.46 bits per heavy atom. The van der Waals surface area contributed by atoms with Crippen molar-refractivity contribution in [3.8, 4) is 5.75 Å². The van der Waals surface area contributed by atoms with Crippen molar-refractivity contribution in [2.24, 2.45) is 5.92 Å². The monoisotopic (exact) mass is 195 g/mol. The van der Waals surface area contributed by atoms with E-state index in [1.165, 1.54) is 11.4 Å². The fourth-order valence-corrected chi connectivity index (χ4v) is 1.70. The van der Waals surface area contributed by atoms with Gasteiger partial charge >= 0.3 is 0 Å². The summed E-state index contributed by atoms with van der Waals surface area (Å²) in [6.45, 7) is 4.28. The van der Waals surface area contributed by atoms with Crippen molar-refractivity contribution in [1.29, 1.82) is 0 Å². The number of hydrogen-bond acceptors (Lipinski definition) is 1. The first-order valence-electron chi connectivity index (χ1n) is 4.34. The van der Waals surface area contributed by atoms with Gasteiger partial charge in [0.05, 0.1) is 0 Å². The van der Waals surface area contributed by atoms with Crippen molar-refractivity contribution in [2.45, 2.75) is 13.8 Å². The number of ether oxygens (including phenoxy) is 1. The summed E-state index contributed by atoms with van der Waals surface area (Å²) in [7, 11) is 0. The van der Waals surface area contributed by atoms with Crippen LogP contribution in [0.5, 0.6) is 5.75 Å². The van der Waals surface area contributed by atoms with E-state index in [1.807, 2.05) is 24.3 Å². The van der Waals surface area contributed by atoms with E-state index in [0.29, 0.717) is 5.92 Å². The third kappa shape index (κ3) is 3.23. The molecule has 0 aliphatic heterocycles. The van der Waals surface area contributed by atoms with Gasteiger partial charge in [0.1, 0.15) is 10.8 Å². The minimum absolute atomic E-state index is 0.468. The number of thiol groups is 1. The van der Waals surface area contributed by atoms with Gasteiger partial charge in [0.15, 0.2) is 0 Å². The Bertz CT molecular complexity index is 277. The minimum atomic E-state index is 0.468. The lowest BCUT2D eigenvalue weighted by molar-refractivity contribution is 0.523. The molecule has 0 saturated heterocycles. The normalized spacial score (nSPS) is 12.5. The third-order valence-electron chi connectivity index (χ3n) is 1.62. The molecule has 0 saturated carbocycles. The van der Waals surface area contributed by atoms with Crippen molar-refractivity contribution in [2.75, 3.05) is 6.26 Å². The third-order valence-corrected chi connectivity index (χ3v) is 2.67. The first kappa shape index (κ1) is 10.3. The van der Waals surface area contributed by atoms with Crippen LogP contribution in [0.4, 0.5) is 0 Å². The van der Waals surface area contributed by atoms with Crippen LogP contribution in [-0.4, -0.2) is 11.3 Å². The molecule has 0 unspecified atom stereocenters. The number of benzene rings is 1. The maximum absolute atomic E-state index is 5.71. The van der Waals surface area contributed by atoms with Crippen molar-refractivity contribution < 1.29 is 4.74 Å². The van der Waals surface area contributed by atoms with Gasteiger partial charge in [-0.25, -0.2) is 0 Å². The molecular formula is C11H15OS. The Labute approximate surface area is 83.7 Å². The van der Waals surface area contributed by atoms with E-state index in [-0.39, 0.29) is 0 Å². The first-order valence-corrected chi connectivity index (χ1v) is 5.69. The summed E-state index contributed by atoms with van der Waals surface area (Å²) >= 11 is 1.20. The molecule has 1 nitrogen and oxygen atoms in total. The molecule has 0 aliphatic carbocycles. The zero-order valence-electron chi connectivity index (χ0n) is 8.24. The average molecular weight is 195 g/mol. The Balaban J connectivity index is 2.69. The molecule has 0 spiro atoms. The van der Waals surface area contributed by atoms with Gasteiger partial charge in [-0.1, -0.05) is 26.0 Å². The molecular weight excluding hydrogens is 180 g/mol. The van der Waals surface area contributed by atoms with Gasteiger partial charge in [0.25, 0.3) is 0 Å². The molecule has 0 atom stereocenters. The first-order chi connectivity index (χ1) is 6.24. The summed E-state index contributed by atoms with van der Waals surface area (Å²) in [5, 5.41) is 1.10. The van der Waals surface area contributed by atoms with Gasteiger partial charge in [-0.3, -0.25) is 0 Å². The van der Waals surface area contributed by atoms with Crippen molar-refractivity contribution in [3.63, 3.8) is 0 Å². The standard InChI is InChI=1S/C11H15OS/c1-9(2)11(13-3)12-10-7-5-4-6-8-10/h5-9,13H,1-3H3. The quantitative estimate of drug-likeness (QED) is 0.564. The highest BCUT2D eigenvalue weighted by Crippen LogP contribution is 2.12. The summed E-state index contributed by atoms with van der Waals surface area (Å²) in [5.74, 6) is 1.37. The highest BCUT2D eigenvalue weighted by atomic mass is 32.1. The van der Waals surface area contributed by atoms with E-state index in [1.54, 1.807) is 0 Å². The maximum atomic E-state index is 5.71. The summed E-state index contributed by atoms with van der Waals surface area (Å²) < 4.78 is 5.71. The van der Waals surface area contributed by atoms with Crippen molar-refractivity contribution in [1.82, 2.24) is 0 Å². The molecule has 1 aromatic rings. The predicted molar refractivity (Wildman–Crippen MR) is 60.7 cm³/mol. The highest BCUT2D eigenvalue weighted by molar-refractivity contribution is 7.97. The van der Waals surface area contributed by atoms with Crippen LogP contribution in [0.25, 0.3) is 0 Å². The van der Waals surface area contributed by atoms with E-state index in [2.05, 4.69) is 26.2 Å². The fraction of sp³-hybridized carbons (Fsp3) is 0.364. The maximum Gasteiger partial charge on any atom is 0.127 e. The van der Waals surface area contributed by atoms with Crippen LogP contribution in [0, 0.1) is 12.0 Å². The molecule has 71 valence electrons. The SMILES string of the molecule is C[SH]=C(Oc1cc[c]cc1)C(C)C. The molecule has 0 aliphatic rings. The van der Waals surface area contributed by atoms with Crippen LogP contribution < -0.4 is 4.74 Å². The molecule has 0 fully saturated rings. The van der Waals surface area contributed by atoms with E-state index >= 15 is 0 Å². The molecule has 0 bridgehead atoms. The number of rotatable bonds is 2. The second kappa shape index (κ2) is 5.07. The zero-order chi connectivity index (χ0) is 9.68. The lowest BCUT2D eigenvalue weighted by Gasteiger charge is -2.11. The molecule has 13 heavy (non-hydrogen) atoms. The lowest BCUT2D eigenvalue weighted by atomic mass is 10.2. The van der Waals surface area contributed by atoms with Crippen LogP contribution >= 0.6 is 11.4 Å². The topological polar surface area (TPSA) is 9.23 Å². The molecule has 0 N–H and O–H groups in total. The summed E-state index contributed by atoms with van der Waals surface area (Å²) in [4.78, 5) is 0. The molecule has 0 heterocycles. The second-order valence-electron chi connectivity index (χ2n) is 3.05. The largest absolute Gasteiger partial charge is 0.456 e. The van der Waals surface area contributed by atoms with Crippen molar-refractivity contribution in [3.05, 3.63) is 30.3 Å². The van der Waals surface area contributed by atoms with Crippen LogP contribution in [0.15, 0.2) is 24.3 Å². The Kier molecular flexibility index (Phi) is 4.03. The van der Waals surface area contributed by atoms with Gasteiger partial charge in [0, 0.05) is 5.92 Å². The predicted octanol–water partition coefficient (Wildman–Crippen LogP) is 2.75. The van der Waals surface area contributed by atoms with E-state index in [0.717, 1.165) is 10.8 Å². The molecule has 1 radical (unpaired) electrons. The van der Waals surface area contributed by atoms with Crippen LogP contribution in [0.1, 0.15) is 13.8 Å². The Morgan fingerprint density at radius 1 is 1.38 bits per heavy atom. The van der Waals surface area contributed by atoms with Gasteiger partial charge in [-0.2, -0.15) is 11.4 Å². The van der Waals surface area contributed by atoms with Crippen LogP contribution in [0.3, 0.4) is 0 Å². The summed E-state index contributed by atoms with van der Waals surface area (Å²) in [5.41, 5.74) is 0. The van der Waals surface area contributed by atoms with Gasteiger partial charge in [-0.15, -0.1) is 0 Å². The van der Waals surface area contributed by atoms with Crippen LogP contribution in [-0.2, 0) is 0 Å². The van der Waals surface area contributed by atoms with E-state index in [9.17, 15) is 0 Å². The van der Waals surface area contributed by atoms with Gasteiger partial charge < -0.3 is 4.74 Å². The van der Waals surface area contributed by atoms with Gasteiger partial charge in [-0.05, 0) is 24.5 Å². The molecule has 1 aromatic carbocycles. The second-order valence-corrected chi connectivity index (χ2v) is 3.94. The molecule has 0 aromatic heterocycles. The number of hydrogen-bond donors (Lipinski definition) is 1. The molecule has 0 amide bonds. The van der Waals surface area contributed by atoms with Gasteiger partial charge in [0.2, 0.25) is 0 Å². The smallest absolute Gasteiger partial charge is 0.127 e. The average Bonchev–Trinajstić information content (AvgIpc) is 2.15. The molecule has 2 heteroatoms. The Morgan fingerprint density at radius 2 is 2.00 bits per heavy atom. The van der Waals surface area contributed by atoms with Crippen LogP contribution in [0.2, 0.25) is 0 Å². The summed E-state index contributed by atoms with van der Waals surface area (Å²) in [6.07, 6.45) is 2.09. The summed E-state index contributed by atoms with van der Waals surface area (Å²) in [6, 6.07) is 10.5. The van der Waals surface area contributed by atoms with E-state index < -0.39 is 0 Å². The lowest BCUT2D eigenvalue weighted by Crippen LogP contribution is -2.13. The van der Waals surface area contributed by atoms with E-state index in [4.69, 9.17) is 4.74 Å². The van der Waals surface area contributed by atoms with Crippen molar-refractivity contribution >= 4 is 16.4 Å². The Hall–Kier alpha value is -0.760. The minimum Gasteiger partial charge on any atom is -0.456 e.